The Morgan fingerprint density at radius 3 is 2.54 bits per heavy atom. The summed E-state index contributed by atoms with van der Waals surface area (Å²) < 4.78 is 25.2. The van der Waals surface area contributed by atoms with Crippen LogP contribution in [0.1, 0.15) is 5.56 Å². The van der Waals surface area contributed by atoms with E-state index in [9.17, 15) is 13.2 Å². The monoisotopic (exact) mass is 426 g/mol. The number of nitrogens with zero attached hydrogens (tertiary/aromatic N) is 1. The molecule has 28 heavy (non-hydrogen) atoms. The molecule has 140 valence electrons. The number of carbonyl (C=O) groups is 1. The van der Waals surface area contributed by atoms with Crippen LogP contribution in [-0.4, -0.2) is 29.9 Å². The van der Waals surface area contributed by atoms with Gasteiger partial charge in [-0.1, -0.05) is 60.4 Å². The first kappa shape index (κ1) is 18.8. The van der Waals surface area contributed by atoms with Gasteiger partial charge in [-0.3, -0.25) is 9.78 Å². The van der Waals surface area contributed by atoms with E-state index in [1.165, 1.54) is 24.2 Å². The second-order valence-electron chi connectivity index (χ2n) is 6.26. The van der Waals surface area contributed by atoms with Gasteiger partial charge in [0, 0.05) is 23.4 Å². The van der Waals surface area contributed by atoms with E-state index in [4.69, 9.17) is 12.2 Å². The molecule has 1 aliphatic rings. The van der Waals surface area contributed by atoms with E-state index in [1.54, 1.807) is 6.08 Å². The molecule has 1 fully saturated rings. The highest BCUT2D eigenvalue weighted by atomic mass is 32.2. The molecule has 0 atom stereocenters. The Morgan fingerprint density at radius 2 is 1.89 bits per heavy atom. The molecule has 1 amide bonds. The summed E-state index contributed by atoms with van der Waals surface area (Å²) in [6.45, 7) is 0. The Hall–Kier alpha value is -2.55. The maximum absolute atomic E-state index is 12.4. The van der Waals surface area contributed by atoms with Crippen LogP contribution < -0.4 is 5.32 Å². The fourth-order valence-corrected chi connectivity index (χ4v) is 4.92. The molecule has 3 aromatic rings. The van der Waals surface area contributed by atoms with Crippen molar-refractivity contribution in [1.82, 2.24) is 10.3 Å². The third-order valence-corrected chi connectivity index (χ3v) is 6.53. The second kappa shape index (κ2) is 7.12. The van der Waals surface area contributed by atoms with E-state index in [2.05, 4.69) is 10.3 Å². The van der Waals surface area contributed by atoms with Gasteiger partial charge in [0.05, 0.1) is 15.3 Å². The van der Waals surface area contributed by atoms with Gasteiger partial charge in [-0.15, -0.1) is 0 Å². The molecule has 1 N–H and O–H groups in total. The number of fused-ring (bicyclic) bond motifs is 1. The number of benzene rings is 2. The molecular formula is C20H14N2O3S3. The number of hydrogen-bond donors (Lipinski definition) is 1. The van der Waals surface area contributed by atoms with E-state index >= 15 is 0 Å². The molecule has 0 radical (unpaired) electrons. The number of sulfone groups is 1. The second-order valence-corrected chi connectivity index (χ2v) is 9.97. The molecule has 2 aromatic carbocycles. The first-order valence-electron chi connectivity index (χ1n) is 8.26. The first-order chi connectivity index (χ1) is 13.3. The van der Waals surface area contributed by atoms with Crippen LogP contribution in [0.5, 0.6) is 0 Å². The number of thioether (sulfide) groups is 1. The van der Waals surface area contributed by atoms with Gasteiger partial charge in [-0.25, -0.2) is 8.42 Å². The highest BCUT2D eigenvalue weighted by Crippen LogP contribution is 2.35. The molecule has 0 bridgehead atoms. The van der Waals surface area contributed by atoms with Crippen molar-refractivity contribution in [2.45, 2.75) is 4.90 Å². The summed E-state index contributed by atoms with van der Waals surface area (Å²) in [5.74, 6) is -0.235. The quantitative estimate of drug-likeness (QED) is 0.507. The molecule has 1 aliphatic heterocycles. The molecule has 0 spiro atoms. The van der Waals surface area contributed by atoms with Gasteiger partial charge in [-0.2, -0.15) is 0 Å². The normalized spacial score (nSPS) is 16.0. The molecule has 1 aromatic heterocycles. The van der Waals surface area contributed by atoms with Crippen LogP contribution >= 0.6 is 24.0 Å². The number of aromatic nitrogens is 1. The number of amides is 1. The van der Waals surface area contributed by atoms with Crippen LogP contribution in [0.2, 0.25) is 0 Å². The summed E-state index contributed by atoms with van der Waals surface area (Å²) >= 11 is 6.22. The summed E-state index contributed by atoms with van der Waals surface area (Å²) in [4.78, 5) is 16.9. The average Bonchev–Trinajstić information content (AvgIpc) is 2.97. The van der Waals surface area contributed by atoms with E-state index in [0.717, 1.165) is 11.1 Å². The zero-order valence-electron chi connectivity index (χ0n) is 14.7. The van der Waals surface area contributed by atoms with E-state index in [1.807, 2.05) is 48.5 Å². The number of nitrogens with one attached hydrogen (secondary N) is 1. The minimum Gasteiger partial charge on any atom is -0.307 e. The minimum absolute atomic E-state index is 0.171. The van der Waals surface area contributed by atoms with Crippen molar-refractivity contribution in [2.75, 3.05) is 6.26 Å². The standard InChI is InChI=1S/C20H14N2O3S3/c1-28(24,25)17-11-21-15-8-7-12(10-16-19(23)22-20(26)27-16)9-14(15)18(17)13-5-3-2-4-6-13/h2-11H,1H3,(H,22,23,26)/b16-10-. The van der Waals surface area contributed by atoms with Crippen LogP contribution in [0.15, 0.2) is 64.5 Å². The number of carbonyl (C=O) groups excluding carboxylic acids is 1. The lowest BCUT2D eigenvalue weighted by Gasteiger charge is -2.12. The SMILES string of the molecule is CS(=O)(=O)c1cnc2ccc(/C=C3\SC(=S)NC3=O)cc2c1-c1ccccc1. The van der Waals surface area contributed by atoms with Gasteiger partial charge in [0.25, 0.3) is 5.91 Å². The third-order valence-electron chi connectivity index (χ3n) is 4.26. The van der Waals surface area contributed by atoms with E-state index < -0.39 is 9.84 Å². The molecule has 1 saturated heterocycles. The van der Waals surface area contributed by atoms with Crippen molar-refractivity contribution in [3.8, 4) is 11.1 Å². The van der Waals surface area contributed by atoms with E-state index in [-0.39, 0.29) is 10.8 Å². The third kappa shape index (κ3) is 3.58. The van der Waals surface area contributed by atoms with Crippen molar-refractivity contribution in [3.63, 3.8) is 0 Å². The van der Waals surface area contributed by atoms with Gasteiger partial charge < -0.3 is 5.32 Å². The smallest absolute Gasteiger partial charge is 0.263 e. The Morgan fingerprint density at radius 1 is 1.14 bits per heavy atom. The summed E-state index contributed by atoms with van der Waals surface area (Å²) in [5.41, 5.74) is 2.83. The molecule has 8 heteroatoms. The fourth-order valence-electron chi connectivity index (χ4n) is 3.04. The summed E-state index contributed by atoms with van der Waals surface area (Å²) in [6.07, 6.45) is 4.31. The van der Waals surface area contributed by atoms with Gasteiger partial charge in [0.15, 0.2) is 9.84 Å². The van der Waals surface area contributed by atoms with Gasteiger partial charge in [0.2, 0.25) is 0 Å². The fraction of sp³-hybridized carbons (Fsp3) is 0.0500. The molecule has 0 saturated carbocycles. The predicted octanol–water partition coefficient (Wildman–Crippen LogP) is 3.79. The molecule has 0 aliphatic carbocycles. The summed E-state index contributed by atoms with van der Waals surface area (Å²) in [5, 5.41) is 3.29. The van der Waals surface area contributed by atoms with Crippen LogP contribution in [-0.2, 0) is 14.6 Å². The van der Waals surface area contributed by atoms with Crippen LogP contribution in [0.25, 0.3) is 28.1 Å². The lowest BCUT2D eigenvalue weighted by Crippen LogP contribution is -2.17. The zero-order chi connectivity index (χ0) is 19.9. The van der Waals surface area contributed by atoms with Gasteiger partial charge in [-0.05, 0) is 29.3 Å². The Bertz CT molecular complexity index is 1270. The first-order valence-corrected chi connectivity index (χ1v) is 11.4. The molecular weight excluding hydrogens is 412 g/mol. The molecule has 4 rings (SSSR count). The van der Waals surface area contributed by atoms with Crippen molar-refractivity contribution in [3.05, 3.63) is 65.2 Å². The van der Waals surface area contributed by atoms with Crippen molar-refractivity contribution < 1.29 is 13.2 Å². The number of thiocarbonyl (C=S) groups is 1. The van der Waals surface area contributed by atoms with Crippen LogP contribution in [0.4, 0.5) is 0 Å². The number of rotatable bonds is 3. The Labute approximate surface area is 171 Å². The minimum atomic E-state index is -3.49. The van der Waals surface area contributed by atoms with Crippen molar-refractivity contribution >= 4 is 61.0 Å². The van der Waals surface area contributed by atoms with Gasteiger partial charge >= 0.3 is 0 Å². The van der Waals surface area contributed by atoms with Gasteiger partial charge in [0.1, 0.15) is 4.32 Å². The number of hydrogen-bond acceptors (Lipinski definition) is 6. The lowest BCUT2D eigenvalue weighted by molar-refractivity contribution is -0.115. The van der Waals surface area contributed by atoms with Crippen LogP contribution in [0.3, 0.4) is 0 Å². The Kier molecular flexibility index (Phi) is 4.78. The average molecular weight is 427 g/mol. The molecule has 0 unspecified atom stereocenters. The zero-order valence-corrected chi connectivity index (χ0v) is 17.1. The highest BCUT2D eigenvalue weighted by Gasteiger charge is 2.22. The molecule has 2 heterocycles. The lowest BCUT2D eigenvalue weighted by atomic mass is 9.99. The maximum atomic E-state index is 12.4. The van der Waals surface area contributed by atoms with Crippen molar-refractivity contribution in [2.24, 2.45) is 0 Å². The highest BCUT2D eigenvalue weighted by molar-refractivity contribution is 8.26. The maximum Gasteiger partial charge on any atom is 0.263 e. The molecule has 5 nitrogen and oxygen atoms in total. The van der Waals surface area contributed by atoms with Crippen molar-refractivity contribution in [1.29, 1.82) is 0 Å². The summed E-state index contributed by atoms with van der Waals surface area (Å²) in [6, 6.07) is 14.8. The largest absolute Gasteiger partial charge is 0.307 e. The number of pyridine rings is 1. The van der Waals surface area contributed by atoms with E-state index in [0.29, 0.717) is 25.7 Å². The Balaban J connectivity index is 1.99. The predicted molar refractivity (Wildman–Crippen MR) is 117 cm³/mol. The van der Waals surface area contributed by atoms with Crippen LogP contribution in [0, 0.1) is 0 Å². The topological polar surface area (TPSA) is 76.1 Å². The summed E-state index contributed by atoms with van der Waals surface area (Å²) in [7, 11) is -3.49.